The average Bonchev–Trinajstić information content (AvgIpc) is 2.29. The van der Waals surface area contributed by atoms with E-state index in [4.69, 9.17) is 4.18 Å². The maximum atomic E-state index is 12.1. The van der Waals surface area contributed by atoms with E-state index in [0.29, 0.717) is 24.5 Å². The topological polar surface area (TPSA) is 63.6 Å². The van der Waals surface area contributed by atoms with Crippen LogP contribution >= 0.6 is 0 Å². The van der Waals surface area contributed by atoms with Gasteiger partial charge in [0.25, 0.3) is 0 Å². The molecule has 0 aromatic heterocycles. The molecule has 18 heavy (non-hydrogen) atoms. The highest BCUT2D eigenvalue weighted by Gasteiger charge is 2.38. The highest BCUT2D eigenvalue weighted by Crippen LogP contribution is 2.30. The molecule has 1 aromatic rings. The molecule has 1 saturated carbocycles. The average molecular weight is 270 g/mol. The van der Waals surface area contributed by atoms with Crippen molar-refractivity contribution in [3.8, 4) is 5.75 Å². The lowest BCUT2D eigenvalue weighted by atomic mass is 9.88. The van der Waals surface area contributed by atoms with Crippen LogP contribution in [0.3, 0.4) is 0 Å². The van der Waals surface area contributed by atoms with E-state index in [1.165, 1.54) is 0 Å². The number of hydrogen-bond acceptors (Lipinski definition) is 4. The molecule has 4 nitrogen and oxygen atoms in total. The van der Waals surface area contributed by atoms with Gasteiger partial charge in [-0.15, -0.1) is 0 Å². The summed E-state index contributed by atoms with van der Waals surface area (Å²) in [7, 11) is -3.76. The first-order chi connectivity index (χ1) is 8.49. The van der Waals surface area contributed by atoms with Crippen LogP contribution in [0.1, 0.15) is 26.2 Å². The van der Waals surface area contributed by atoms with Crippen molar-refractivity contribution < 1.29 is 17.7 Å². The zero-order valence-electron chi connectivity index (χ0n) is 10.3. The largest absolute Gasteiger partial charge is 0.392 e. The predicted molar refractivity (Wildman–Crippen MR) is 68.8 cm³/mol. The highest BCUT2D eigenvalue weighted by atomic mass is 32.2. The zero-order valence-corrected chi connectivity index (χ0v) is 11.1. The van der Waals surface area contributed by atoms with Crippen molar-refractivity contribution >= 4 is 10.1 Å². The molecular weight excluding hydrogens is 252 g/mol. The molecule has 1 aliphatic rings. The van der Waals surface area contributed by atoms with Gasteiger partial charge in [0, 0.05) is 0 Å². The van der Waals surface area contributed by atoms with Crippen LogP contribution in [0.2, 0.25) is 0 Å². The highest BCUT2D eigenvalue weighted by molar-refractivity contribution is 7.87. The molecule has 0 heterocycles. The van der Waals surface area contributed by atoms with Crippen molar-refractivity contribution in [2.45, 2.75) is 37.5 Å². The van der Waals surface area contributed by atoms with Gasteiger partial charge in [-0.05, 0) is 37.3 Å². The maximum Gasteiger partial charge on any atom is 0.314 e. The minimum absolute atomic E-state index is 0.295. The number of benzene rings is 1. The molecule has 3 unspecified atom stereocenters. The van der Waals surface area contributed by atoms with E-state index in [1.807, 2.05) is 6.92 Å². The SMILES string of the molecule is CC1CCC(S(=O)(=O)Oc2ccccc2)C(O)C1. The Labute approximate surface area is 108 Å². The van der Waals surface area contributed by atoms with Gasteiger partial charge in [0.2, 0.25) is 0 Å². The van der Waals surface area contributed by atoms with Crippen molar-refractivity contribution in [1.82, 2.24) is 0 Å². The third-order valence-electron chi connectivity index (χ3n) is 3.34. The van der Waals surface area contributed by atoms with E-state index in [-0.39, 0.29) is 0 Å². The quantitative estimate of drug-likeness (QED) is 0.853. The van der Waals surface area contributed by atoms with E-state index in [1.54, 1.807) is 30.3 Å². The summed E-state index contributed by atoms with van der Waals surface area (Å²) < 4.78 is 29.2. The molecule has 1 aromatic carbocycles. The van der Waals surface area contributed by atoms with Crippen LogP contribution < -0.4 is 4.18 Å². The fraction of sp³-hybridized carbons (Fsp3) is 0.538. The second kappa shape index (κ2) is 5.28. The lowest BCUT2D eigenvalue weighted by molar-refractivity contribution is 0.107. The maximum absolute atomic E-state index is 12.1. The van der Waals surface area contributed by atoms with Crippen LogP contribution in [0.4, 0.5) is 0 Å². The first-order valence-electron chi connectivity index (χ1n) is 6.15. The third kappa shape index (κ3) is 3.03. The molecule has 3 atom stereocenters. The van der Waals surface area contributed by atoms with Crippen molar-refractivity contribution in [3.05, 3.63) is 30.3 Å². The normalized spacial score (nSPS) is 28.9. The van der Waals surface area contributed by atoms with Gasteiger partial charge in [0.15, 0.2) is 0 Å². The molecule has 0 aliphatic heterocycles. The summed E-state index contributed by atoms with van der Waals surface area (Å²) in [6.07, 6.45) is 0.945. The smallest absolute Gasteiger partial charge is 0.314 e. The first kappa shape index (κ1) is 13.4. The van der Waals surface area contributed by atoms with Crippen LogP contribution in [0, 0.1) is 5.92 Å². The molecule has 5 heteroatoms. The van der Waals surface area contributed by atoms with Gasteiger partial charge in [-0.25, -0.2) is 0 Å². The Morgan fingerprint density at radius 1 is 1.22 bits per heavy atom. The van der Waals surface area contributed by atoms with Crippen molar-refractivity contribution in [2.75, 3.05) is 0 Å². The Morgan fingerprint density at radius 2 is 1.89 bits per heavy atom. The first-order valence-corrected chi connectivity index (χ1v) is 7.62. The van der Waals surface area contributed by atoms with Gasteiger partial charge in [-0.2, -0.15) is 8.42 Å². The van der Waals surface area contributed by atoms with E-state index in [2.05, 4.69) is 0 Å². The zero-order chi connectivity index (χ0) is 13.2. The molecule has 1 aliphatic carbocycles. The Morgan fingerprint density at radius 3 is 2.50 bits per heavy atom. The molecule has 100 valence electrons. The summed E-state index contributed by atoms with van der Waals surface area (Å²) >= 11 is 0. The molecular formula is C13H18O4S. The monoisotopic (exact) mass is 270 g/mol. The van der Waals surface area contributed by atoms with Gasteiger partial charge < -0.3 is 9.29 Å². The molecule has 0 radical (unpaired) electrons. The predicted octanol–water partition coefficient (Wildman–Crippen LogP) is 1.94. The molecule has 0 bridgehead atoms. The van der Waals surface area contributed by atoms with Gasteiger partial charge in [-0.1, -0.05) is 25.1 Å². The Bertz CT molecular complexity index is 483. The second-order valence-corrected chi connectivity index (χ2v) is 6.67. The molecule has 0 spiro atoms. The van der Waals surface area contributed by atoms with Gasteiger partial charge in [-0.3, -0.25) is 0 Å². The van der Waals surface area contributed by atoms with E-state index in [9.17, 15) is 13.5 Å². The van der Waals surface area contributed by atoms with Crippen LogP contribution in [-0.4, -0.2) is 24.9 Å². The van der Waals surface area contributed by atoms with E-state index >= 15 is 0 Å². The lowest BCUT2D eigenvalue weighted by Gasteiger charge is -2.30. The third-order valence-corrected chi connectivity index (χ3v) is 5.06. The summed E-state index contributed by atoms with van der Waals surface area (Å²) in [6, 6.07) is 8.40. The number of hydrogen-bond donors (Lipinski definition) is 1. The Balaban J connectivity index is 2.12. The van der Waals surface area contributed by atoms with Crippen molar-refractivity contribution in [1.29, 1.82) is 0 Å². The minimum Gasteiger partial charge on any atom is -0.392 e. The van der Waals surface area contributed by atoms with Crippen LogP contribution in [-0.2, 0) is 10.1 Å². The summed E-state index contributed by atoms with van der Waals surface area (Å²) in [4.78, 5) is 0. The van der Waals surface area contributed by atoms with Gasteiger partial charge in [0.1, 0.15) is 11.0 Å². The van der Waals surface area contributed by atoms with Crippen LogP contribution in [0.25, 0.3) is 0 Å². The van der Waals surface area contributed by atoms with E-state index < -0.39 is 21.5 Å². The number of aliphatic hydroxyl groups is 1. The van der Waals surface area contributed by atoms with E-state index in [0.717, 1.165) is 6.42 Å². The standard InChI is InChI=1S/C13H18O4S/c1-10-7-8-13(12(14)9-10)18(15,16)17-11-5-3-2-4-6-11/h2-6,10,12-14H,7-9H2,1H3. The molecule has 2 rings (SSSR count). The summed E-state index contributed by atoms with van der Waals surface area (Å²) in [6.45, 7) is 2.02. The molecule has 0 amide bonds. The van der Waals surface area contributed by atoms with Crippen molar-refractivity contribution in [2.24, 2.45) is 5.92 Å². The van der Waals surface area contributed by atoms with Gasteiger partial charge in [0.05, 0.1) is 6.10 Å². The Kier molecular flexibility index (Phi) is 3.92. The number of rotatable bonds is 3. The lowest BCUT2D eigenvalue weighted by Crippen LogP contribution is -2.41. The van der Waals surface area contributed by atoms with Crippen LogP contribution in [0.15, 0.2) is 30.3 Å². The summed E-state index contributed by atoms with van der Waals surface area (Å²) in [5.41, 5.74) is 0. The number of para-hydroxylation sites is 1. The number of aliphatic hydroxyl groups excluding tert-OH is 1. The van der Waals surface area contributed by atoms with Crippen molar-refractivity contribution in [3.63, 3.8) is 0 Å². The molecule has 1 N–H and O–H groups in total. The minimum atomic E-state index is -3.76. The second-order valence-electron chi connectivity index (χ2n) is 4.91. The fourth-order valence-electron chi connectivity index (χ4n) is 2.33. The molecule has 0 saturated heterocycles. The Hall–Kier alpha value is -1.07. The summed E-state index contributed by atoms with van der Waals surface area (Å²) in [5.74, 6) is 0.659. The van der Waals surface area contributed by atoms with Crippen LogP contribution in [0.5, 0.6) is 5.75 Å². The molecule has 1 fully saturated rings. The van der Waals surface area contributed by atoms with Gasteiger partial charge >= 0.3 is 10.1 Å². The fourth-order valence-corrected chi connectivity index (χ4v) is 3.76. The summed E-state index contributed by atoms with van der Waals surface area (Å²) in [5, 5.41) is 9.08.